The van der Waals surface area contributed by atoms with E-state index in [0.29, 0.717) is 15.6 Å². The van der Waals surface area contributed by atoms with Gasteiger partial charge >= 0.3 is 6.09 Å². The lowest BCUT2D eigenvalue weighted by atomic mass is 9.87. The van der Waals surface area contributed by atoms with Crippen LogP contribution in [-0.2, 0) is 17.0 Å². The van der Waals surface area contributed by atoms with Gasteiger partial charge in [-0.15, -0.1) is 0 Å². The van der Waals surface area contributed by atoms with Crippen molar-refractivity contribution in [1.29, 1.82) is 0 Å². The van der Waals surface area contributed by atoms with Gasteiger partial charge < -0.3 is 15.2 Å². The minimum atomic E-state index is -1.94. The number of carbonyl (C=O) groups is 2. The summed E-state index contributed by atoms with van der Waals surface area (Å²) in [5, 5.41) is 16.6. The number of aliphatic hydroxyl groups is 1. The van der Waals surface area contributed by atoms with Gasteiger partial charge in [-0.05, 0) is 30.2 Å². The molecule has 0 radical (unpaired) electrons. The Labute approximate surface area is 176 Å². The number of nitrogens with one attached hydrogen (secondary N) is 2. The van der Waals surface area contributed by atoms with Crippen LogP contribution < -0.4 is 10.6 Å². The van der Waals surface area contributed by atoms with Crippen molar-refractivity contribution >= 4 is 35.2 Å². The first kappa shape index (κ1) is 21.3. The van der Waals surface area contributed by atoms with Crippen LogP contribution in [0.3, 0.4) is 0 Å². The van der Waals surface area contributed by atoms with E-state index in [2.05, 4.69) is 20.4 Å². The molecule has 1 aliphatic rings. The Hall–Kier alpha value is -2.42. The number of pyridine rings is 1. The fourth-order valence-corrected chi connectivity index (χ4v) is 3.54. The summed E-state index contributed by atoms with van der Waals surface area (Å²) in [5.41, 5.74) is -1.37. The highest BCUT2D eigenvalue weighted by Gasteiger charge is 2.42. The van der Waals surface area contributed by atoms with Gasteiger partial charge in [0.05, 0.1) is 12.8 Å². The number of hydrogen-bond acceptors (Lipinski definition) is 5. The monoisotopic (exact) mass is 441 g/mol. The molecule has 1 heterocycles. The molecule has 0 bridgehead atoms. The van der Waals surface area contributed by atoms with Crippen LogP contribution in [0.2, 0.25) is 10.0 Å². The van der Waals surface area contributed by atoms with Crippen molar-refractivity contribution in [2.75, 3.05) is 7.11 Å². The quantitative estimate of drug-likeness (QED) is 0.628. The maximum absolute atomic E-state index is 14.3. The molecule has 2 aromatic rings. The van der Waals surface area contributed by atoms with Gasteiger partial charge in [-0.25, -0.2) is 14.2 Å². The first-order valence-electron chi connectivity index (χ1n) is 8.69. The standard InChI is InChI=1S/C19H18Cl2FN3O4/c1-29-18(27)25-19(28)7-6-14(22)12-4-5-15(24-16(12)19)17(26)23-9-10-2-3-11(20)8-13(10)21/h2-5,8,14,28H,6-7,9H2,1H3,(H,23,26)(H,25,27). The maximum atomic E-state index is 14.3. The summed E-state index contributed by atoms with van der Waals surface area (Å²) >= 11 is 11.9. The molecule has 0 spiro atoms. The third kappa shape index (κ3) is 4.60. The van der Waals surface area contributed by atoms with Gasteiger partial charge in [0.15, 0.2) is 5.72 Å². The van der Waals surface area contributed by atoms with E-state index in [1.807, 2.05) is 0 Å². The Kier molecular flexibility index (Phi) is 6.26. The van der Waals surface area contributed by atoms with Gasteiger partial charge in [0, 0.05) is 28.6 Å². The average Bonchev–Trinajstić information content (AvgIpc) is 2.70. The van der Waals surface area contributed by atoms with Crippen LogP contribution in [0.25, 0.3) is 0 Å². The van der Waals surface area contributed by atoms with Crippen LogP contribution in [0.5, 0.6) is 0 Å². The number of amides is 2. The molecule has 2 amide bonds. The van der Waals surface area contributed by atoms with Gasteiger partial charge in [-0.3, -0.25) is 10.1 Å². The van der Waals surface area contributed by atoms with Crippen LogP contribution >= 0.6 is 23.2 Å². The van der Waals surface area contributed by atoms with Crippen LogP contribution in [0.15, 0.2) is 30.3 Å². The number of rotatable bonds is 4. The number of methoxy groups -OCH3 is 1. The number of halogens is 3. The lowest BCUT2D eigenvalue weighted by Gasteiger charge is -2.34. The fraction of sp³-hybridized carbons (Fsp3) is 0.316. The molecule has 3 N–H and O–H groups in total. The molecule has 0 aliphatic heterocycles. The van der Waals surface area contributed by atoms with Crippen molar-refractivity contribution in [3.05, 3.63) is 62.9 Å². The fourth-order valence-electron chi connectivity index (χ4n) is 3.06. The summed E-state index contributed by atoms with van der Waals surface area (Å²) in [6.45, 7) is 0.115. The second-order valence-electron chi connectivity index (χ2n) is 6.54. The first-order valence-corrected chi connectivity index (χ1v) is 9.45. The number of benzene rings is 1. The van der Waals surface area contributed by atoms with Crippen LogP contribution in [0.1, 0.15) is 46.3 Å². The Balaban J connectivity index is 1.83. The number of alkyl halides is 1. The van der Waals surface area contributed by atoms with Gasteiger partial charge in [-0.2, -0.15) is 0 Å². The van der Waals surface area contributed by atoms with Gasteiger partial charge in [0.1, 0.15) is 11.9 Å². The van der Waals surface area contributed by atoms with Crippen molar-refractivity contribution in [2.45, 2.75) is 31.3 Å². The Morgan fingerprint density at radius 3 is 2.79 bits per heavy atom. The minimum absolute atomic E-state index is 0.0181. The summed E-state index contributed by atoms with van der Waals surface area (Å²) < 4.78 is 18.8. The largest absolute Gasteiger partial charge is 0.453 e. The summed E-state index contributed by atoms with van der Waals surface area (Å²) in [6, 6.07) is 7.61. The number of carbonyl (C=O) groups excluding carboxylic acids is 2. The number of nitrogens with zero attached hydrogens (tertiary/aromatic N) is 1. The summed E-state index contributed by atoms with van der Waals surface area (Å²) in [7, 11) is 1.14. The topological polar surface area (TPSA) is 101 Å². The number of hydrogen-bond donors (Lipinski definition) is 3. The number of fused-ring (bicyclic) bond motifs is 1. The molecule has 2 atom stereocenters. The second-order valence-corrected chi connectivity index (χ2v) is 7.38. The molecule has 0 fully saturated rings. The van der Waals surface area contributed by atoms with E-state index in [-0.39, 0.29) is 36.3 Å². The zero-order chi connectivity index (χ0) is 21.2. The SMILES string of the molecule is COC(=O)NC1(O)CCC(F)c2ccc(C(=O)NCc3ccc(Cl)cc3Cl)nc21. The molecule has 1 aromatic carbocycles. The van der Waals surface area contributed by atoms with Crippen molar-refractivity contribution < 1.29 is 23.8 Å². The first-order chi connectivity index (χ1) is 13.7. The molecular weight excluding hydrogens is 424 g/mol. The zero-order valence-electron chi connectivity index (χ0n) is 15.3. The van der Waals surface area contributed by atoms with Crippen molar-refractivity contribution in [1.82, 2.24) is 15.6 Å². The Morgan fingerprint density at radius 2 is 2.10 bits per heavy atom. The smallest absolute Gasteiger partial charge is 0.409 e. The molecule has 3 rings (SSSR count). The molecule has 1 aliphatic carbocycles. The average molecular weight is 442 g/mol. The highest BCUT2D eigenvalue weighted by molar-refractivity contribution is 6.35. The number of aromatic nitrogens is 1. The molecule has 154 valence electrons. The van der Waals surface area contributed by atoms with Crippen molar-refractivity contribution in [3.8, 4) is 0 Å². The van der Waals surface area contributed by atoms with E-state index in [4.69, 9.17) is 23.2 Å². The molecule has 10 heteroatoms. The van der Waals surface area contributed by atoms with E-state index in [9.17, 15) is 19.1 Å². The summed E-state index contributed by atoms with van der Waals surface area (Å²) in [4.78, 5) is 28.2. The van der Waals surface area contributed by atoms with Crippen molar-refractivity contribution in [2.24, 2.45) is 0 Å². The maximum Gasteiger partial charge on any atom is 0.409 e. The lowest BCUT2D eigenvalue weighted by Crippen LogP contribution is -2.49. The molecule has 0 saturated heterocycles. The van der Waals surface area contributed by atoms with Gasteiger partial charge in [-0.1, -0.05) is 35.3 Å². The molecule has 29 heavy (non-hydrogen) atoms. The molecule has 7 nitrogen and oxygen atoms in total. The van der Waals surface area contributed by atoms with E-state index >= 15 is 0 Å². The zero-order valence-corrected chi connectivity index (χ0v) is 16.9. The van der Waals surface area contributed by atoms with E-state index < -0.39 is 23.9 Å². The Bertz CT molecular complexity index is 959. The minimum Gasteiger partial charge on any atom is -0.453 e. The molecule has 2 unspecified atom stereocenters. The lowest BCUT2D eigenvalue weighted by molar-refractivity contribution is -0.0272. The van der Waals surface area contributed by atoms with Crippen LogP contribution in [0.4, 0.5) is 9.18 Å². The summed E-state index contributed by atoms with van der Waals surface area (Å²) in [6.07, 6.45) is -2.41. The Morgan fingerprint density at radius 1 is 1.34 bits per heavy atom. The molecular formula is C19H18Cl2FN3O4. The van der Waals surface area contributed by atoms with Gasteiger partial charge in [0.25, 0.3) is 5.91 Å². The second kappa shape index (κ2) is 8.52. The molecule has 0 saturated carbocycles. The third-order valence-electron chi connectivity index (χ3n) is 4.60. The van der Waals surface area contributed by atoms with E-state index in [0.717, 1.165) is 7.11 Å². The van der Waals surface area contributed by atoms with E-state index in [1.165, 1.54) is 12.1 Å². The third-order valence-corrected chi connectivity index (χ3v) is 5.18. The van der Waals surface area contributed by atoms with Crippen LogP contribution in [0, 0.1) is 0 Å². The predicted octanol–water partition coefficient (Wildman–Crippen LogP) is 3.62. The molecule has 1 aromatic heterocycles. The van der Waals surface area contributed by atoms with Crippen molar-refractivity contribution in [3.63, 3.8) is 0 Å². The number of ether oxygens (including phenoxy) is 1. The number of alkyl carbamates (subject to hydrolysis) is 1. The van der Waals surface area contributed by atoms with Gasteiger partial charge in [0.2, 0.25) is 0 Å². The summed E-state index contributed by atoms with van der Waals surface area (Å²) in [5.74, 6) is -0.555. The van der Waals surface area contributed by atoms with Crippen LogP contribution in [-0.4, -0.2) is 29.2 Å². The predicted molar refractivity (Wildman–Crippen MR) is 104 cm³/mol. The highest BCUT2D eigenvalue weighted by atomic mass is 35.5. The van der Waals surface area contributed by atoms with E-state index in [1.54, 1.807) is 18.2 Å². The normalized spacial score (nSPS) is 20.5. The highest BCUT2D eigenvalue weighted by Crippen LogP contribution is 2.39.